The van der Waals surface area contributed by atoms with Crippen molar-refractivity contribution in [2.24, 2.45) is 0 Å². The third-order valence-electron chi connectivity index (χ3n) is 4.85. The molecule has 0 saturated heterocycles. The van der Waals surface area contributed by atoms with Crippen LogP contribution in [0.4, 0.5) is 0 Å². The van der Waals surface area contributed by atoms with Gasteiger partial charge in [-0.2, -0.15) is 0 Å². The summed E-state index contributed by atoms with van der Waals surface area (Å²) in [7, 11) is 0. The van der Waals surface area contributed by atoms with Gasteiger partial charge in [-0.1, -0.05) is 37.0 Å². The Bertz CT molecular complexity index is 1080. The van der Waals surface area contributed by atoms with Crippen LogP contribution in [-0.4, -0.2) is 29.1 Å². The molecule has 1 aromatic heterocycles. The van der Waals surface area contributed by atoms with Crippen LogP contribution in [0.3, 0.4) is 0 Å². The van der Waals surface area contributed by atoms with Crippen LogP contribution < -0.4 is 4.74 Å². The predicted octanol–water partition coefficient (Wildman–Crippen LogP) is 6.27. The first kappa shape index (κ1) is 23.3. The topological polar surface area (TPSA) is 72.6 Å². The molecule has 1 N–H and O–H groups in total. The molecule has 1 heterocycles. The van der Waals surface area contributed by atoms with Crippen molar-refractivity contribution in [3.8, 4) is 17.2 Å². The zero-order chi connectivity index (χ0) is 22.5. The van der Waals surface area contributed by atoms with E-state index < -0.39 is 0 Å². The number of ether oxygens (including phenoxy) is 1. The number of benzene rings is 2. The molecule has 0 spiro atoms. The molecule has 0 aliphatic carbocycles. The fraction of sp³-hybridized carbons (Fsp3) is 0.333. The molecule has 0 aliphatic heterocycles. The number of halogens is 2. The van der Waals surface area contributed by atoms with Crippen LogP contribution in [0.5, 0.6) is 5.75 Å². The lowest BCUT2D eigenvalue weighted by Gasteiger charge is -2.09. The molecule has 5 nitrogen and oxygen atoms in total. The van der Waals surface area contributed by atoms with Crippen molar-refractivity contribution in [3.63, 3.8) is 0 Å². The molecule has 7 heteroatoms. The highest BCUT2D eigenvalue weighted by atomic mass is 35.5. The van der Waals surface area contributed by atoms with Gasteiger partial charge in [-0.3, -0.25) is 4.79 Å². The summed E-state index contributed by atoms with van der Waals surface area (Å²) in [6.45, 7) is 6.08. The average Bonchev–Trinajstić information content (AvgIpc) is 3.15. The number of ketones is 1. The molecule has 2 aromatic carbocycles. The first-order valence-corrected chi connectivity index (χ1v) is 10.9. The Labute approximate surface area is 192 Å². The molecule has 0 radical (unpaired) electrons. The quantitative estimate of drug-likeness (QED) is 0.380. The lowest BCUT2D eigenvalue weighted by atomic mass is 10.0. The van der Waals surface area contributed by atoms with Crippen molar-refractivity contribution in [1.82, 2.24) is 4.98 Å². The zero-order valence-corrected chi connectivity index (χ0v) is 19.3. The van der Waals surface area contributed by atoms with Crippen LogP contribution in [-0.2, 0) is 6.42 Å². The van der Waals surface area contributed by atoms with Crippen LogP contribution >= 0.6 is 23.2 Å². The Morgan fingerprint density at radius 3 is 2.61 bits per heavy atom. The lowest BCUT2D eigenvalue weighted by molar-refractivity contribution is 0.0982. The van der Waals surface area contributed by atoms with E-state index >= 15 is 0 Å². The molecule has 0 atom stereocenters. The van der Waals surface area contributed by atoms with E-state index in [1.165, 1.54) is 0 Å². The van der Waals surface area contributed by atoms with Gasteiger partial charge in [0.15, 0.2) is 5.78 Å². The number of rotatable bonds is 9. The van der Waals surface area contributed by atoms with E-state index in [0.717, 1.165) is 17.0 Å². The number of Topliss-reactive ketones (excluding diaryl/α,β-unsaturated/α-hetero) is 1. The summed E-state index contributed by atoms with van der Waals surface area (Å²) in [5.41, 5.74) is 2.89. The van der Waals surface area contributed by atoms with Crippen LogP contribution in [0.25, 0.3) is 11.5 Å². The van der Waals surface area contributed by atoms with Gasteiger partial charge in [-0.25, -0.2) is 4.98 Å². The SMILES string of the molecule is Cc1cc(C(=O)CCc2nc(-c3ccc(Cl)cc3Cl)oc2C(C)C)ccc1OCCO. The number of hydrogen-bond donors (Lipinski definition) is 1. The molecule has 3 rings (SSSR count). The number of aliphatic hydroxyl groups excluding tert-OH is 1. The molecular weight excluding hydrogens is 437 g/mol. The summed E-state index contributed by atoms with van der Waals surface area (Å²) in [6, 6.07) is 10.5. The van der Waals surface area contributed by atoms with Crippen molar-refractivity contribution in [3.05, 3.63) is 69.0 Å². The van der Waals surface area contributed by atoms with Crippen LogP contribution in [0.2, 0.25) is 10.0 Å². The number of hydrogen-bond acceptors (Lipinski definition) is 5. The fourth-order valence-corrected chi connectivity index (χ4v) is 3.78. The van der Waals surface area contributed by atoms with Crippen molar-refractivity contribution < 1.29 is 19.1 Å². The monoisotopic (exact) mass is 461 g/mol. The molecule has 0 fully saturated rings. The Kier molecular flexibility index (Phi) is 7.76. The molecule has 0 amide bonds. The van der Waals surface area contributed by atoms with E-state index in [9.17, 15) is 4.79 Å². The van der Waals surface area contributed by atoms with Crippen LogP contribution in [0.15, 0.2) is 40.8 Å². The molecule has 164 valence electrons. The molecule has 3 aromatic rings. The Hall–Kier alpha value is -2.34. The van der Waals surface area contributed by atoms with Crippen molar-refractivity contribution in [2.45, 2.75) is 39.5 Å². The number of aromatic nitrogens is 1. The Morgan fingerprint density at radius 1 is 1.19 bits per heavy atom. The minimum Gasteiger partial charge on any atom is -0.491 e. The molecule has 31 heavy (non-hydrogen) atoms. The third kappa shape index (κ3) is 5.67. The van der Waals surface area contributed by atoms with Crippen molar-refractivity contribution >= 4 is 29.0 Å². The summed E-state index contributed by atoms with van der Waals surface area (Å²) in [6.07, 6.45) is 0.763. The average molecular weight is 462 g/mol. The standard InChI is InChI=1S/C24H25Cl2NO4/c1-14(2)23-20(27-24(31-23)18-6-5-17(25)13-19(18)26)7-8-21(29)16-4-9-22(15(3)12-16)30-11-10-28/h4-6,9,12-14,28H,7-8,10-11H2,1-3H3. The number of carbonyl (C=O) groups excluding carboxylic acids is 1. The minimum absolute atomic E-state index is 0.0144. The van der Waals surface area contributed by atoms with Gasteiger partial charge in [-0.05, 0) is 48.9 Å². The van der Waals surface area contributed by atoms with Crippen LogP contribution in [0.1, 0.15) is 53.6 Å². The van der Waals surface area contributed by atoms with E-state index in [-0.39, 0.29) is 24.9 Å². The first-order chi connectivity index (χ1) is 14.8. The largest absolute Gasteiger partial charge is 0.491 e. The van der Waals surface area contributed by atoms with Gasteiger partial charge in [0, 0.05) is 29.3 Å². The van der Waals surface area contributed by atoms with Crippen molar-refractivity contribution in [1.29, 1.82) is 0 Å². The highest BCUT2D eigenvalue weighted by Gasteiger charge is 2.20. The maximum absolute atomic E-state index is 12.8. The number of aryl methyl sites for hydroxylation is 2. The summed E-state index contributed by atoms with van der Waals surface area (Å²) >= 11 is 12.3. The highest BCUT2D eigenvalue weighted by Crippen LogP contribution is 2.33. The summed E-state index contributed by atoms with van der Waals surface area (Å²) in [5, 5.41) is 9.90. The van der Waals surface area contributed by atoms with Crippen molar-refractivity contribution in [2.75, 3.05) is 13.2 Å². The van der Waals surface area contributed by atoms with Gasteiger partial charge < -0.3 is 14.3 Å². The van der Waals surface area contributed by atoms with Crippen LogP contribution in [0, 0.1) is 6.92 Å². The number of aliphatic hydroxyl groups is 1. The van der Waals surface area contributed by atoms with E-state index in [1.807, 2.05) is 20.8 Å². The molecule has 0 bridgehead atoms. The first-order valence-electron chi connectivity index (χ1n) is 10.1. The maximum Gasteiger partial charge on any atom is 0.228 e. The zero-order valence-electron chi connectivity index (χ0n) is 17.7. The normalized spacial score (nSPS) is 11.2. The van der Waals surface area contributed by atoms with E-state index in [2.05, 4.69) is 4.98 Å². The van der Waals surface area contributed by atoms with E-state index in [0.29, 0.717) is 45.7 Å². The minimum atomic E-state index is -0.0563. The van der Waals surface area contributed by atoms with Gasteiger partial charge in [0.2, 0.25) is 5.89 Å². The number of oxazole rings is 1. The smallest absolute Gasteiger partial charge is 0.228 e. The van der Waals surface area contributed by atoms with Gasteiger partial charge >= 0.3 is 0 Å². The number of carbonyl (C=O) groups is 1. The molecule has 0 saturated carbocycles. The van der Waals surface area contributed by atoms with E-state index in [4.69, 9.17) is 37.5 Å². The predicted molar refractivity (Wildman–Crippen MR) is 122 cm³/mol. The maximum atomic E-state index is 12.8. The molecular formula is C24H25Cl2NO4. The fourth-order valence-electron chi connectivity index (χ4n) is 3.29. The van der Waals surface area contributed by atoms with Gasteiger partial charge in [0.05, 0.1) is 22.9 Å². The second-order valence-corrected chi connectivity index (χ2v) is 8.43. The Balaban J connectivity index is 1.77. The third-order valence-corrected chi connectivity index (χ3v) is 5.40. The van der Waals surface area contributed by atoms with E-state index in [1.54, 1.807) is 36.4 Å². The summed E-state index contributed by atoms with van der Waals surface area (Å²) < 4.78 is 11.5. The second kappa shape index (κ2) is 10.3. The number of nitrogens with zero attached hydrogens (tertiary/aromatic N) is 1. The Morgan fingerprint density at radius 2 is 1.97 bits per heavy atom. The van der Waals surface area contributed by atoms with Gasteiger partial charge in [0.25, 0.3) is 0 Å². The second-order valence-electron chi connectivity index (χ2n) is 7.58. The summed E-state index contributed by atoms with van der Waals surface area (Å²) in [5.74, 6) is 1.96. The van der Waals surface area contributed by atoms with Gasteiger partial charge in [-0.15, -0.1) is 0 Å². The lowest BCUT2D eigenvalue weighted by Crippen LogP contribution is -2.06. The summed E-state index contributed by atoms with van der Waals surface area (Å²) in [4.78, 5) is 17.4. The molecule has 0 aliphatic rings. The van der Waals surface area contributed by atoms with Gasteiger partial charge in [0.1, 0.15) is 18.1 Å². The highest BCUT2D eigenvalue weighted by molar-refractivity contribution is 6.36. The molecule has 0 unspecified atom stereocenters.